The molecule has 0 aliphatic heterocycles. The SMILES string of the molecule is Cc1ccc(C(=O)Nc2cccc(C(F)(F)F)c2)cc1-c1ccc([N+](=O)[O-])cc1. The van der Waals surface area contributed by atoms with E-state index in [0.717, 1.165) is 17.7 Å². The number of amides is 1. The van der Waals surface area contributed by atoms with Gasteiger partial charge in [0.1, 0.15) is 0 Å². The summed E-state index contributed by atoms with van der Waals surface area (Å²) < 4.78 is 38.5. The molecule has 3 rings (SSSR count). The number of rotatable bonds is 4. The number of nitro benzene ring substituents is 1. The van der Waals surface area contributed by atoms with E-state index >= 15 is 0 Å². The Balaban J connectivity index is 1.87. The third kappa shape index (κ3) is 4.60. The van der Waals surface area contributed by atoms with Gasteiger partial charge in [-0.25, -0.2) is 0 Å². The number of anilines is 1. The highest BCUT2D eigenvalue weighted by atomic mass is 19.4. The van der Waals surface area contributed by atoms with Crippen LogP contribution < -0.4 is 5.32 Å². The predicted octanol–water partition coefficient (Wildman–Crippen LogP) is 5.84. The van der Waals surface area contributed by atoms with Crippen LogP contribution in [0.15, 0.2) is 66.7 Å². The van der Waals surface area contributed by atoms with Gasteiger partial charge >= 0.3 is 6.18 Å². The van der Waals surface area contributed by atoms with Crippen LogP contribution in [-0.2, 0) is 6.18 Å². The first-order chi connectivity index (χ1) is 13.6. The third-order valence-corrected chi connectivity index (χ3v) is 4.34. The van der Waals surface area contributed by atoms with E-state index in [9.17, 15) is 28.1 Å². The van der Waals surface area contributed by atoms with Crippen molar-refractivity contribution in [1.29, 1.82) is 0 Å². The summed E-state index contributed by atoms with van der Waals surface area (Å²) in [4.78, 5) is 22.8. The molecule has 0 aliphatic rings. The summed E-state index contributed by atoms with van der Waals surface area (Å²) in [5.74, 6) is -0.563. The molecule has 0 unspecified atom stereocenters. The average molecular weight is 400 g/mol. The first-order valence-corrected chi connectivity index (χ1v) is 8.49. The van der Waals surface area contributed by atoms with E-state index in [0.29, 0.717) is 11.1 Å². The van der Waals surface area contributed by atoms with Crippen LogP contribution in [0.2, 0.25) is 0 Å². The van der Waals surface area contributed by atoms with E-state index < -0.39 is 22.6 Å². The number of benzene rings is 3. The van der Waals surface area contributed by atoms with Gasteiger partial charge in [0, 0.05) is 23.4 Å². The number of halogens is 3. The third-order valence-electron chi connectivity index (χ3n) is 4.34. The minimum absolute atomic E-state index is 0.0299. The molecule has 0 saturated heterocycles. The predicted molar refractivity (Wildman–Crippen MR) is 103 cm³/mol. The highest BCUT2D eigenvalue weighted by Gasteiger charge is 2.30. The fraction of sp³-hybridized carbons (Fsp3) is 0.0952. The maximum atomic E-state index is 12.8. The average Bonchev–Trinajstić information content (AvgIpc) is 2.68. The van der Waals surface area contributed by atoms with Crippen molar-refractivity contribution in [1.82, 2.24) is 0 Å². The molecule has 5 nitrogen and oxygen atoms in total. The maximum Gasteiger partial charge on any atom is 0.416 e. The lowest BCUT2D eigenvalue weighted by molar-refractivity contribution is -0.384. The molecule has 0 bridgehead atoms. The summed E-state index contributed by atoms with van der Waals surface area (Å²) >= 11 is 0. The fourth-order valence-electron chi connectivity index (χ4n) is 2.81. The first kappa shape index (κ1) is 20.1. The number of hydrogen-bond acceptors (Lipinski definition) is 3. The van der Waals surface area contributed by atoms with Crippen LogP contribution in [0, 0.1) is 17.0 Å². The Morgan fingerprint density at radius 1 is 1.00 bits per heavy atom. The number of hydrogen-bond donors (Lipinski definition) is 1. The molecule has 0 fully saturated rings. The molecule has 0 aliphatic carbocycles. The second kappa shape index (κ2) is 7.75. The van der Waals surface area contributed by atoms with Crippen LogP contribution in [0.1, 0.15) is 21.5 Å². The van der Waals surface area contributed by atoms with Gasteiger partial charge in [0.25, 0.3) is 11.6 Å². The van der Waals surface area contributed by atoms with Gasteiger partial charge < -0.3 is 5.32 Å². The van der Waals surface area contributed by atoms with Crippen LogP contribution in [0.3, 0.4) is 0 Å². The molecule has 1 amide bonds. The molecular weight excluding hydrogens is 385 g/mol. The summed E-state index contributed by atoms with van der Waals surface area (Å²) in [5.41, 5.74) is 1.59. The lowest BCUT2D eigenvalue weighted by atomic mass is 9.97. The number of carbonyl (C=O) groups excluding carboxylic acids is 1. The van der Waals surface area contributed by atoms with Gasteiger partial charge in [0.05, 0.1) is 10.5 Å². The normalized spacial score (nSPS) is 11.2. The van der Waals surface area contributed by atoms with E-state index in [4.69, 9.17) is 0 Å². The van der Waals surface area contributed by atoms with E-state index in [1.54, 1.807) is 30.3 Å². The van der Waals surface area contributed by atoms with E-state index in [1.807, 2.05) is 6.92 Å². The standard InChI is InChI=1S/C21H15F3N2O3/c1-13-5-6-15(11-19(13)14-7-9-18(10-8-14)26(28)29)20(27)25-17-4-2-3-16(12-17)21(22,23)24/h2-12H,1H3,(H,25,27). The molecule has 0 heterocycles. The van der Waals surface area contributed by atoms with Gasteiger partial charge in [0.2, 0.25) is 0 Å². The molecular formula is C21H15F3N2O3. The largest absolute Gasteiger partial charge is 0.416 e. The molecule has 0 atom stereocenters. The van der Waals surface area contributed by atoms with Crippen molar-refractivity contribution >= 4 is 17.3 Å². The van der Waals surface area contributed by atoms with Crippen LogP contribution in [0.4, 0.5) is 24.5 Å². The van der Waals surface area contributed by atoms with Gasteiger partial charge in [-0.15, -0.1) is 0 Å². The zero-order valence-corrected chi connectivity index (χ0v) is 15.2. The Hall–Kier alpha value is -3.68. The van der Waals surface area contributed by atoms with Gasteiger partial charge in [0.15, 0.2) is 0 Å². The number of nitrogens with one attached hydrogen (secondary N) is 1. The van der Waals surface area contributed by atoms with Gasteiger partial charge in [-0.05, 0) is 66.1 Å². The quantitative estimate of drug-likeness (QED) is 0.442. The van der Waals surface area contributed by atoms with Crippen molar-refractivity contribution in [3.63, 3.8) is 0 Å². The van der Waals surface area contributed by atoms with Crippen molar-refractivity contribution in [3.8, 4) is 11.1 Å². The smallest absolute Gasteiger partial charge is 0.322 e. The highest BCUT2D eigenvalue weighted by Crippen LogP contribution is 2.31. The molecule has 0 saturated carbocycles. The number of nitrogens with zero attached hydrogens (tertiary/aromatic N) is 1. The molecule has 3 aromatic carbocycles. The summed E-state index contributed by atoms with van der Waals surface area (Å²) in [6.07, 6.45) is -4.51. The number of carbonyl (C=O) groups is 1. The summed E-state index contributed by atoms with van der Waals surface area (Å²) in [5, 5.41) is 13.3. The molecule has 3 aromatic rings. The van der Waals surface area contributed by atoms with Crippen molar-refractivity contribution in [3.05, 3.63) is 93.5 Å². The zero-order valence-electron chi connectivity index (χ0n) is 15.2. The van der Waals surface area contributed by atoms with Crippen molar-refractivity contribution in [2.45, 2.75) is 13.1 Å². The Labute approximate surface area is 164 Å². The van der Waals surface area contributed by atoms with E-state index in [2.05, 4.69) is 5.32 Å². The number of non-ortho nitro benzene ring substituents is 1. The maximum absolute atomic E-state index is 12.8. The van der Waals surface area contributed by atoms with Crippen molar-refractivity contribution in [2.75, 3.05) is 5.32 Å². The second-order valence-corrected chi connectivity index (χ2v) is 6.37. The van der Waals surface area contributed by atoms with E-state index in [1.165, 1.54) is 24.3 Å². The van der Waals surface area contributed by atoms with Gasteiger partial charge in [-0.3, -0.25) is 14.9 Å². The first-order valence-electron chi connectivity index (χ1n) is 8.49. The summed E-state index contributed by atoms with van der Waals surface area (Å²) in [7, 11) is 0. The summed E-state index contributed by atoms with van der Waals surface area (Å²) in [6, 6.07) is 15.1. The second-order valence-electron chi connectivity index (χ2n) is 6.37. The Bertz CT molecular complexity index is 1080. The number of alkyl halides is 3. The molecule has 0 radical (unpaired) electrons. The fourth-order valence-corrected chi connectivity index (χ4v) is 2.81. The number of aryl methyl sites for hydroxylation is 1. The summed E-state index contributed by atoms with van der Waals surface area (Å²) in [6.45, 7) is 1.82. The van der Waals surface area contributed by atoms with Gasteiger partial charge in [-0.1, -0.05) is 12.1 Å². The van der Waals surface area contributed by atoms with Crippen molar-refractivity contribution < 1.29 is 22.9 Å². The molecule has 0 spiro atoms. The minimum Gasteiger partial charge on any atom is -0.322 e. The van der Waals surface area contributed by atoms with E-state index in [-0.39, 0.29) is 16.9 Å². The Kier molecular flexibility index (Phi) is 5.36. The highest BCUT2D eigenvalue weighted by molar-refractivity contribution is 6.05. The molecule has 1 N–H and O–H groups in total. The lowest BCUT2D eigenvalue weighted by Crippen LogP contribution is -2.13. The molecule has 0 aromatic heterocycles. The van der Waals surface area contributed by atoms with Crippen LogP contribution in [0.25, 0.3) is 11.1 Å². The van der Waals surface area contributed by atoms with Crippen LogP contribution >= 0.6 is 0 Å². The van der Waals surface area contributed by atoms with Crippen LogP contribution in [-0.4, -0.2) is 10.8 Å². The topological polar surface area (TPSA) is 72.2 Å². The van der Waals surface area contributed by atoms with Gasteiger partial charge in [-0.2, -0.15) is 13.2 Å². The minimum atomic E-state index is -4.51. The lowest BCUT2D eigenvalue weighted by Gasteiger charge is -2.12. The molecule has 29 heavy (non-hydrogen) atoms. The Morgan fingerprint density at radius 2 is 1.69 bits per heavy atom. The molecule has 8 heteroatoms. The number of nitro groups is 1. The molecule has 148 valence electrons. The van der Waals surface area contributed by atoms with Crippen LogP contribution in [0.5, 0.6) is 0 Å². The van der Waals surface area contributed by atoms with Crippen molar-refractivity contribution in [2.24, 2.45) is 0 Å². The zero-order chi connectivity index (χ0) is 21.2. The monoisotopic (exact) mass is 400 g/mol. The Morgan fingerprint density at radius 3 is 2.31 bits per heavy atom.